The highest BCUT2D eigenvalue weighted by Crippen LogP contribution is 2.31. The number of hydrogen-bond acceptors (Lipinski definition) is 7. The van der Waals surface area contributed by atoms with Crippen molar-refractivity contribution < 1.29 is 32.7 Å². The van der Waals surface area contributed by atoms with Crippen LogP contribution in [0.1, 0.15) is 42.3 Å². The first kappa shape index (κ1) is 27.6. The summed E-state index contributed by atoms with van der Waals surface area (Å²) in [4.78, 5) is 24.5. The lowest BCUT2D eigenvalue weighted by Crippen LogP contribution is -2.13. The number of aryl methyl sites for hydroxylation is 1. The summed E-state index contributed by atoms with van der Waals surface area (Å²) in [5.41, 5.74) is 5.06. The Bertz CT molecular complexity index is 1440. The van der Waals surface area contributed by atoms with Gasteiger partial charge in [0.2, 0.25) is 0 Å². The van der Waals surface area contributed by atoms with Gasteiger partial charge < -0.3 is 18.7 Å². The minimum Gasteiger partial charge on any atom is -0.497 e. The highest BCUT2D eigenvalue weighted by molar-refractivity contribution is 5.78. The number of esters is 2. The van der Waals surface area contributed by atoms with Gasteiger partial charge in [-0.15, -0.1) is 0 Å². The Morgan fingerprint density at radius 3 is 2.18 bits per heavy atom. The zero-order valence-electron chi connectivity index (χ0n) is 22.3. The first-order valence-corrected chi connectivity index (χ1v) is 12.6. The fourth-order valence-electron chi connectivity index (χ4n) is 4.24. The second-order valence-corrected chi connectivity index (χ2v) is 9.03. The second kappa shape index (κ2) is 12.4. The van der Waals surface area contributed by atoms with E-state index >= 15 is 0 Å². The third kappa shape index (κ3) is 6.71. The quantitative estimate of drug-likeness (QED) is 0.218. The van der Waals surface area contributed by atoms with E-state index in [1.54, 1.807) is 26.8 Å². The van der Waals surface area contributed by atoms with Crippen molar-refractivity contribution in [1.82, 2.24) is 5.16 Å². The van der Waals surface area contributed by atoms with Crippen LogP contribution in [0.5, 0.6) is 5.75 Å². The number of aromatic nitrogens is 1. The van der Waals surface area contributed by atoms with Crippen LogP contribution in [0, 0.1) is 12.7 Å². The fraction of sp³-hybridized carbons (Fsp3) is 0.258. The molecule has 0 N–H and O–H groups in total. The zero-order chi connectivity index (χ0) is 27.9. The number of ether oxygens (including phenoxy) is 3. The largest absolute Gasteiger partial charge is 0.497 e. The molecule has 0 spiro atoms. The molecule has 0 amide bonds. The maximum atomic E-state index is 14.4. The van der Waals surface area contributed by atoms with E-state index in [-0.39, 0.29) is 24.4 Å². The maximum Gasteiger partial charge on any atom is 0.311 e. The van der Waals surface area contributed by atoms with Crippen LogP contribution in [-0.2, 0) is 31.9 Å². The van der Waals surface area contributed by atoms with E-state index in [0.717, 1.165) is 22.3 Å². The van der Waals surface area contributed by atoms with Gasteiger partial charge in [-0.3, -0.25) is 9.59 Å². The highest BCUT2D eigenvalue weighted by atomic mass is 19.1. The van der Waals surface area contributed by atoms with E-state index in [2.05, 4.69) is 5.16 Å². The molecule has 0 bridgehead atoms. The molecule has 1 unspecified atom stereocenters. The lowest BCUT2D eigenvalue weighted by Gasteiger charge is -2.15. The molecule has 0 aliphatic carbocycles. The van der Waals surface area contributed by atoms with Crippen molar-refractivity contribution in [2.45, 2.75) is 39.7 Å². The molecule has 1 aromatic heterocycles. The number of halogens is 1. The van der Waals surface area contributed by atoms with Gasteiger partial charge in [-0.05, 0) is 49.6 Å². The normalized spacial score (nSPS) is 11.6. The van der Waals surface area contributed by atoms with Crippen molar-refractivity contribution >= 4 is 11.9 Å². The minimum absolute atomic E-state index is 0.0730. The monoisotopic (exact) mass is 531 g/mol. The predicted octanol–water partition coefficient (Wildman–Crippen LogP) is 6.42. The topological polar surface area (TPSA) is 87.9 Å². The highest BCUT2D eigenvalue weighted by Gasteiger charge is 2.22. The molecule has 4 aromatic rings. The molecule has 1 heterocycles. The van der Waals surface area contributed by atoms with Crippen molar-refractivity contribution in [3.05, 3.63) is 94.9 Å². The lowest BCUT2D eigenvalue weighted by molar-refractivity contribution is -0.148. The number of carbonyl (C=O) groups excluding carboxylic acids is 2. The molecule has 0 radical (unpaired) electrons. The Labute approximate surface area is 226 Å². The summed E-state index contributed by atoms with van der Waals surface area (Å²) in [6.45, 7) is 5.52. The number of benzene rings is 3. The number of nitrogens with zero attached hydrogens (tertiary/aromatic N) is 1. The smallest absolute Gasteiger partial charge is 0.311 e. The summed E-state index contributed by atoms with van der Waals surface area (Å²) < 4.78 is 35.5. The molecule has 0 aliphatic heterocycles. The van der Waals surface area contributed by atoms with Crippen LogP contribution in [0.3, 0.4) is 0 Å². The molecule has 0 saturated carbocycles. The van der Waals surface area contributed by atoms with Crippen LogP contribution in [0.2, 0.25) is 0 Å². The van der Waals surface area contributed by atoms with E-state index < -0.39 is 17.9 Å². The van der Waals surface area contributed by atoms with Crippen molar-refractivity contribution in [2.24, 2.45) is 0 Å². The Hall–Kier alpha value is -4.46. The van der Waals surface area contributed by atoms with Crippen LogP contribution in [0.25, 0.3) is 22.5 Å². The van der Waals surface area contributed by atoms with Gasteiger partial charge in [0.15, 0.2) is 5.76 Å². The molecule has 0 aliphatic rings. The van der Waals surface area contributed by atoms with Crippen molar-refractivity contribution in [2.75, 3.05) is 13.7 Å². The summed E-state index contributed by atoms with van der Waals surface area (Å²) in [5.74, 6) is -0.422. The number of rotatable bonds is 10. The fourth-order valence-corrected chi connectivity index (χ4v) is 4.24. The molecule has 1 atom stereocenters. The number of methoxy groups -OCH3 is 1. The summed E-state index contributed by atoms with van der Waals surface area (Å²) in [5, 5.41) is 4.05. The molecule has 0 saturated heterocycles. The Morgan fingerprint density at radius 1 is 0.923 bits per heavy atom. The van der Waals surface area contributed by atoms with Gasteiger partial charge >= 0.3 is 11.9 Å². The minimum atomic E-state index is -0.782. The molecule has 3 aromatic carbocycles. The van der Waals surface area contributed by atoms with E-state index in [1.807, 2.05) is 48.5 Å². The first-order valence-electron chi connectivity index (χ1n) is 12.6. The first-order chi connectivity index (χ1) is 18.8. The number of hydrogen-bond donors (Lipinski definition) is 0. The van der Waals surface area contributed by atoms with Crippen molar-refractivity contribution in [3.8, 4) is 28.2 Å². The van der Waals surface area contributed by atoms with E-state index in [1.165, 1.54) is 19.2 Å². The van der Waals surface area contributed by atoms with Crippen LogP contribution in [0.15, 0.2) is 71.3 Å². The van der Waals surface area contributed by atoms with E-state index in [9.17, 15) is 14.0 Å². The van der Waals surface area contributed by atoms with Gasteiger partial charge in [0.1, 0.15) is 17.7 Å². The molecular weight excluding hydrogens is 501 g/mol. The summed E-state index contributed by atoms with van der Waals surface area (Å²) >= 11 is 0. The van der Waals surface area contributed by atoms with Gasteiger partial charge in [-0.1, -0.05) is 53.7 Å². The zero-order valence-corrected chi connectivity index (χ0v) is 22.3. The average Bonchev–Trinajstić information content (AvgIpc) is 3.28. The number of carbonyl (C=O) groups is 2. The molecule has 7 nitrogen and oxygen atoms in total. The molecule has 202 valence electrons. The van der Waals surface area contributed by atoms with Gasteiger partial charge in [-0.2, -0.15) is 0 Å². The van der Waals surface area contributed by atoms with Crippen LogP contribution in [0.4, 0.5) is 4.39 Å². The van der Waals surface area contributed by atoms with Gasteiger partial charge in [-0.25, -0.2) is 4.39 Å². The summed E-state index contributed by atoms with van der Waals surface area (Å²) in [6.07, 6.45) is -0.622. The predicted molar refractivity (Wildman–Crippen MR) is 144 cm³/mol. The van der Waals surface area contributed by atoms with Crippen molar-refractivity contribution in [3.63, 3.8) is 0 Å². The standard InChI is InChI=1S/C31H30FNO6/c1-5-37-29(34)16-21-6-8-22(9-7-21)23-10-12-24(13-11-23)31-27(19(2)33-39-31)18-30(35)38-20(3)26-15-14-25(36-4)17-28(26)32/h6-15,17,20H,5,16,18H2,1-4H3. The Kier molecular flexibility index (Phi) is 8.76. The summed E-state index contributed by atoms with van der Waals surface area (Å²) in [6, 6.07) is 19.8. The molecular formula is C31H30FNO6. The van der Waals surface area contributed by atoms with Crippen LogP contribution in [-0.4, -0.2) is 30.8 Å². The molecule has 0 fully saturated rings. The summed E-state index contributed by atoms with van der Waals surface area (Å²) in [7, 11) is 1.46. The SMILES string of the molecule is CCOC(=O)Cc1ccc(-c2ccc(-c3onc(C)c3CC(=O)OC(C)c3ccc(OC)cc3F)cc2)cc1. The molecule has 8 heteroatoms. The third-order valence-corrected chi connectivity index (χ3v) is 6.35. The average molecular weight is 532 g/mol. The Balaban J connectivity index is 1.44. The van der Waals surface area contributed by atoms with Crippen molar-refractivity contribution in [1.29, 1.82) is 0 Å². The van der Waals surface area contributed by atoms with Crippen LogP contribution >= 0.6 is 0 Å². The van der Waals surface area contributed by atoms with Crippen LogP contribution < -0.4 is 4.74 Å². The van der Waals surface area contributed by atoms with Gasteiger partial charge in [0, 0.05) is 22.8 Å². The van der Waals surface area contributed by atoms with Gasteiger partial charge in [0.05, 0.1) is 32.3 Å². The second-order valence-electron chi connectivity index (χ2n) is 9.03. The van der Waals surface area contributed by atoms with Gasteiger partial charge in [0.25, 0.3) is 0 Å². The maximum absolute atomic E-state index is 14.4. The Morgan fingerprint density at radius 2 is 1.56 bits per heavy atom. The lowest BCUT2D eigenvalue weighted by atomic mass is 9.99. The third-order valence-electron chi connectivity index (χ3n) is 6.35. The van der Waals surface area contributed by atoms with E-state index in [4.69, 9.17) is 18.7 Å². The van der Waals surface area contributed by atoms with E-state index in [0.29, 0.717) is 29.4 Å². The molecule has 4 rings (SSSR count). The molecule has 39 heavy (non-hydrogen) atoms.